The highest BCUT2D eigenvalue weighted by Crippen LogP contribution is 2.42. The maximum absolute atomic E-state index is 13.6. The number of fused-ring (bicyclic) bond motifs is 2. The van der Waals surface area contributed by atoms with Crippen molar-refractivity contribution in [2.24, 2.45) is 0 Å². The lowest BCUT2D eigenvalue weighted by Crippen LogP contribution is -2.29. The highest BCUT2D eigenvalue weighted by atomic mass is 35.5. The fourth-order valence-corrected chi connectivity index (χ4v) is 5.07. The number of thiazole rings is 1. The Bertz CT molecular complexity index is 1430. The van der Waals surface area contributed by atoms with E-state index in [4.69, 9.17) is 16.0 Å². The van der Waals surface area contributed by atoms with E-state index in [2.05, 4.69) is 25.8 Å². The number of carbonyl (C=O) groups is 1. The summed E-state index contributed by atoms with van der Waals surface area (Å²) < 4.78 is 5.97. The van der Waals surface area contributed by atoms with Gasteiger partial charge in [0.05, 0.1) is 22.7 Å². The molecule has 5 rings (SSSR count). The second-order valence-corrected chi connectivity index (χ2v) is 10.3. The molecule has 1 unspecified atom stereocenters. The number of benzene rings is 2. The highest BCUT2D eigenvalue weighted by molar-refractivity contribution is 7.14. The Kier molecular flexibility index (Phi) is 4.76. The first kappa shape index (κ1) is 20.9. The molecule has 1 amide bonds. The van der Waals surface area contributed by atoms with Gasteiger partial charge in [0.25, 0.3) is 5.91 Å². The van der Waals surface area contributed by atoms with Crippen LogP contribution in [0.4, 0.5) is 5.13 Å². The number of nitrogens with zero attached hydrogens (tertiary/aromatic N) is 2. The van der Waals surface area contributed by atoms with E-state index in [0.717, 1.165) is 11.3 Å². The normalized spacial score (nSPS) is 16.1. The SMILES string of the molecule is Cc1csc(N2C(=O)c3oc4ccc(Cl)cc4c(=O)c3C2c2ccc(C(C)(C)C)cc2)n1. The van der Waals surface area contributed by atoms with Crippen molar-refractivity contribution < 1.29 is 9.21 Å². The molecule has 5 nitrogen and oxygen atoms in total. The molecule has 1 aliphatic rings. The third-order valence-electron chi connectivity index (χ3n) is 5.74. The number of amides is 1. The minimum absolute atomic E-state index is 0.0139. The van der Waals surface area contributed by atoms with Crippen molar-refractivity contribution in [2.45, 2.75) is 39.2 Å². The van der Waals surface area contributed by atoms with Crippen molar-refractivity contribution in [1.82, 2.24) is 4.98 Å². The Morgan fingerprint density at radius 2 is 1.81 bits per heavy atom. The van der Waals surface area contributed by atoms with Crippen molar-refractivity contribution in [3.8, 4) is 0 Å². The lowest BCUT2D eigenvalue weighted by Gasteiger charge is -2.24. The van der Waals surface area contributed by atoms with E-state index in [1.807, 2.05) is 36.6 Å². The molecule has 162 valence electrons. The fraction of sp³-hybridized carbons (Fsp3) is 0.240. The van der Waals surface area contributed by atoms with Crippen LogP contribution in [-0.4, -0.2) is 10.9 Å². The van der Waals surface area contributed by atoms with Gasteiger partial charge in [-0.1, -0.05) is 56.6 Å². The third kappa shape index (κ3) is 3.26. The first-order chi connectivity index (χ1) is 15.1. The van der Waals surface area contributed by atoms with Crippen LogP contribution in [0.25, 0.3) is 11.0 Å². The summed E-state index contributed by atoms with van der Waals surface area (Å²) in [5.74, 6) is -0.309. The van der Waals surface area contributed by atoms with E-state index in [1.54, 1.807) is 23.1 Å². The first-order valence-corrected chi connectivity index (χ1v) is 11.5. The number of hydrogen-bond donors (Lipinski definition) is 0. The second kappa shape index (κ2) is 7.29. The molecule has 3 heterocycles. The number of aryl methyl sites for hydroxylation is 1. The Morgan fingerprint density at radius 3 is 2.44 bits per heavy atom. The summed E-state index contributed by atoms with van der Waals surface area (Å²) in [6, 6.07) is 12.3. The van der Waals surface area contributed by atoms with E-state index in [0.29, 0.717) is 26.7 Å². The summed E-state index contributed by atoms with van der Waals surface area (Å²) >= 11 is 7.51. The van der Waals surface area contributed by atoms with Gasteiger partial charge in [0.2, 0.25) is 5.76 Å². The van der Waals surface area contributed by atoms with Crippen LogP contribution in [0.3, 0.4) is 0 Å². The van der Waals surface area contributed by atoms with Gasteiger partial charge in [0, 0.05) is 10.4 Å². The summed E-state index contributed by atoms with van der Waals surface area (Å²) in [4.78, 5) is 33.2. The molecule has 0 saturated carbocycles. The lowest BCUT2D eigenvalue weighted by molar-refractivity contribution is 0.0971. The Hall–Kier alpha value is -2.96. The number of halogens is 1. The molecule has 7 heteroatoms. The summed E-state index contributed by atoms with van der Waals surface area (Å²) in [7, 11) is 0. The van der Waals surface area contributed by atoms with Gasteiger partial charge in [0.1, 0.15) is 5.58 Å². The van der Waals surface area contributed by atoms with Crippen molar-refractivity contribution in [3.05, 3.63) is 91.2 Å². The maximum Gasteiger partial charge on any atom is 0.297 e. The second-order valence-electron chi connectivity index (χ2n) is 9.04. The van der Waals surface area contributed by atoms with Crippen molar-refractivity contribution in [1.29, 1.82) is 0 Å². The Labute approximate surface area is 194 Å². The summed E-state index contributed by atoms with van der Waals surface area (Å²) in [6.45, 7) is 8.31. The molecule has 0 bridgehead atoms. The number of rotatable bonds is 2. The van der Waals surface area contributed by atoms with Gasteiger partial charge in [-0.3, -0.25) is 14.5 Å². The molecule has 0 spiro atoms. The molecule has 0 radical (unpaired) electrons. The Morgan fingerprint density at radius 1 is 1.09 bits per heavy atom. The molecule has 1 atom stereocenters. The third-order valence-corrected chi connectivity index (χ3v) is 6.93. The van der Waals surface area contributed by atoms with E-state index in [9.17, 15) is 9.59 Å². The predicted molar refractivity (Wildman–Crippen MR) is 128 cm³/mol. The smallest absolute Gasteiger partial charge is 0.297 e. The number of anilines is 1. The lowest BCUT2D eigenvalue weighted by atomic mass is 9.86. The molecule has 0 fully saturated rings. The first-order valence-electron chi connectivity index (χ1n) is 10.3. The molecule has 4 aromatic rings. The zero-order valence-corrected chi connectivity index (χ0v) is 19.7. The maximum atomic E-state index is 13.6. The zero-order valence-electron chi connectivity index (χ0n) is 18.1. The van der Waals surface area contributed by atoms with Crippen LogP contribution in [-0.2, 0) is 5.41 Å². The number of aromatic nitrogens is 1. The quantitative estimate of drug-likeness (QED) is 0.351. The van der Waals surface area contributed by atoms with Crippen LogP contribution in [0.2, 0.25) is 5.02 Å². The molecule has 0 N–H and O–H groups in total. The van der Waals surface area contributed by atoms with Crippen molar-refractivity contribution >= 4 is 44.9 Å². The standard InChI is InChI=1S/C25H21ClN2O3S/c1-13-12-32-24(27-13)28-20(14-5-7-15(8-6-14)25(2,3)4)19-21(29)17-11-16(26)9-10-18(17)31-22(19)23(28)30/h5-12,20H,1-4H3. The van der Waals surface area contributed by atoms with Crippen LogP contribution in [0.1, 0.15) is 59.8 Å². The van der Waals surface area contributed by atoms with Gasteiger partial charge in [-0.2, -0.15) is 0 Å². The topological polar surface area (TPSA) is 63.4 Å². The number of carbonyl (C=O) groups excluding carboxylic acids is 1. The summed E-state index contributed by atoms with van der Waals surface area (Å²) in [6.07, 6.45) is 0. The molecule has 0 aliphatic carbocycles. The average Bonchev–Trinajstić information content (AvgIpc) is 3.29. The van der Waals surface area contributed by atoms with Crippen LogP contribution >= 0.6 is 22.9 Å². The molecule has 32 heavy (non-hydrogen) atoms. The van der Waals surface area contributed by atoms with Crippen LogP contribution in [0.5, 0.6) is 0 Å². The van der Waals surface area contributed by atoms with E-state index >= 15 is 0 Å². The van der Waals surface area contributed by atoms with Gasteiger partial charge < -0.3 is 4.42 Å². The van der Waals surface area contributed by atoms with Gasteiger partial charge in [-0.25, -0.2) is 4.98 Å². The monoisotopic (exact) mass is 464 g/mol. The highest BCUT2D eigenvalue weighted by Gasteiger charge is 2.44. The molecule has 2 aromatic heterocycles. The van der Waals surface area contributed by atoms with E-state index in [1.165, 1.54) is 16.9 Å². The van der Waals surface area contributed by atoms with E-state index in [-0.39, 0.29) is 22.5 Å². The van der Waals surface area contributed by atoms with Crippen LogP contribution in [0, 0.1) is 6.92 Å². The van der Waals surface area contributed by atoms with Crippen molar-refractivity contribution in [2.75, 3.05) is 4.90 Å². The average molecular weight is 465 g/mol. The minimum Gasteiger partial charge on any atom is -0.450 e. The van der Waals surface area contributed by atoms with Gasteiger partial charge in [-0.15, -0.1) is 11.3 Å². The fourth-order valence-electron chi connectivity index (χ4n) is 4.08. The molecular formula is C25H21ClN2O3S. The van der Waals surface area contributed by atoms with E-state index < -0.39 is 6.04 Å². The summed E-state index contributed by atoms with van der Waals surface area (Å²) in [5.41, 5.74) is 3.20. The summed E-state index contributed by atoms with van der Waals surface area (Å²) in [5, 5.41) is 3.21. The van der Waals surface area contributed by atoms with Gasteiger partial charge in [-0.05, 0) is 41.7 Å². The molecule has 2 aromatic carbocycles. The van der Waals surface area contributed by atoms with Gasteiger partial charge >= 0.3 is 0 Å². The van der Waals surface area contributed by atoms with Crippen LogP contribution in [0.15, 0.2) is 57.1 Å². The molecular weight excluding hydrogens is 444 g/mol. The molecule has 0 saturated heterocycles. The molecule has 1 aliphatic heterocycles. The predicted octanol–water partition coefficient (Wildman–Crippen LogP) is 6.26. The van der Waals surface area contributed by atoms with Crippen molar-refractivity contribution in [3.63, 3.8) is 0 Å². The zero-order chi connectivity index (χ0) is 22.8. The van der Waals surface area contributed by atoms with Crippen LogP contribution < -0.4 is 10.3 Å². The number of hydrogen-bond acceptors (Lipinski definition) is 5. The minimum atomic E-state index is -0.628. The van der Waals surface area contributed by atoms with Gasteiger partial charge in [0.15, 0.2) is 10.6 Å². The Balaban J connectivity index is 1.77. The largest absolute Gasteiger partial charge is 0.450 e.